The number of nitrogens with one attached hydrogen (secondary N) is 1. The smallest absolute Gasteiger partial charge is 0.226 e. The van der Waals surface area contributed by atoms with E-state index < -0.39 is 0 Å². The van der Waals surface area contributed by atoms with E-state index in [1.54, 1.807) is 11.8 Å². The molecule has 26 heavy (non-hydrogen) atoms. The first-order valence-corrected chi connectivity index (χ1v) is 8.96. The molecule has 5 heteroatoms. The molecule has 0 fully saturated rings. The molecule has 3 rings (SSSR count). The number of pyridine rings is 1. The van der Waals surface area contributed by atoms with Gasteiger partial charge in [-0.1, -0.05) is 24.3 Å². The van der Waals surface area contributed by atoms with Crippen LogP contribution in [0.25, 0.3) is 0 Å². The number of carbonyl (C=O) groups is 2. The highest BCUT2D eigenvalue weighted by Gasteiger charge is 2.30. The molecule has 1 aliphatic rings. The van der Waals surface area contributed by atoms with Crippen molar-refractivity contribution in [3.8, 4) is 0 Å². The fourth-order valence-electron chi connectivity index (χ4n) is 3.83. The van der Waals surface area contributed by atoms with Crippen LogP contribution in [0.2, 0.25) is 0 Å². The fraction of sp³-hybridized carbons (Fsp3) is 0.381. The number of aryl methyl sites for hydroxylation is 3. The minimum Gasteiger partial charge on any atom is -0.335 e. The van der Waals surface area contributed by atoms with Crippen molar-refractivity contribution >= 4 is 17.5 Å². The first kappa shape index (κ1) is 18.1. The minimum absolute atomic E-state index is 0.00154. The summed E-state index contributed by atoms with van der Waals surface area (Å²) >= 11 is 0. The van der Waals surface area contributed by atoms with E-state index in [1.165, 1.54) is 5.56 Å². The number of rotatable bonds is 3. The van der Waals surface area contributed by atoms with Crippen LogP contribution in [0.3, 0.4) is 0 Å². The summed E-state index contributed by atoms with van der Waals surface area (Å²) in [4.78, 5) is 31.1. The van der Waals surface area contributed by atoms with Crippen molar-refractivity contribution in [2.24, 2.45) is 0 Å². The number of amides is 2. The number of carbonyl (C=O) groups excluding carboxylic acids is 2. The zero-order valence-corrected chi connectivity index (χ0v) is 15.8. The maximum atomic E-state index is 12.8. The molecule has 1 unspecified atom stereocenters. The molecule has 1 aliphatic heterocycles. The Balaban J connectivity index is 1.84. The van der Waals surface area contributed by atoms with Gasteiger partial charge in [-0.25, -0.2) is 0 Å². The van der Waals surface area contributed by atoms with Gasteiger partial charge in [0.2, 0.25) is 11.8 Å². The fourth-order valence-corrected chi connectivity index (χ4v) is 3.83. The van der Waals surface area contributed by atoms with Gasteiger partial charge in [0.15, 0.2) is 0 Å². The lowest BCUT2D eigenvalue weighted by molar-refractivity contribution is -0.132. The van der Waals surface area contributed by atoms with Crippen LogP contribution in [0.1, 0.15) is 47.5 Å². The predicted octanol–water partition coefficient (Wildman–Crippen LogP) is 3.48. The van der Waals surface area contributed by atoms with Gasteiger partial charge in [0.1, 0.15) is 0 Å². The second-order valence-electron chi connectivity index (χ2n) is 6.97. The molecule has 1 aromatic heterocycles. The maximum absolute atomic E-state index is 12.8. The Morgan fingerprint density at radius 2 is 1.96 bits per heavy atom. The van der Waals surface area contributed by atoms with Crippen molar-refractivity contribution in [2.75, 3.05) is 11.9 Å². The van der Waals surface area contributed by atoms with Gasteiger partial charge in [0, 0.05) is 19.2 Å². The molecule has 2 heterocycles. The molecule has 1 atom stereocenters. The molecule has 0 aliphatic carbocycles. The van der Waals surface area contributed by atoms with Crippen LogP contribution < -0.4 is 5.32 Å². The molecule has 1 aromatic carbocycles. The second-order valence-corrected chi connectivity index (χ2v) is 6.97. The summed E-state index contributed by atoms with van der Waals surface area (Å²) in [6.45, 7) is 8.02. The van der Waals surface area contributed by atoms with Crippen LogP contribution in [0.5, 0.6) is 0 Å². The summed E-state index contributed by atoms with van der Waals surface area (Å²) in [5.74, 6) is -0.100. The highest BCUT2D eigenvalue weighted by Crippen LogP contribution is 2.33. The van der Waals surface area contributed by atoms with Crippen LogP contribution in [0, 0.1) is 20.8 Å². The number of nitrogens with zero attached hydrogens (tertiary/aromatic N) is 2. The molecular weight excluding hydrogens is 326 g/mol. The van der Waals surface area contributed by atoms with E-state index in [2.05, 4.69) is 16.4 Å². The monoisotopic (exact) mass is 351 g/mol. The van der Waals surface area contributed by atoms with E-state index in [0.717, 1.165) is 34.6 Å². The average molecular weight is 351 g/mol. The largest absolute Gasteiger partial charge is 0.335 e. The summed E-state index contributed by atoms with van der Waals surface area (Å²) < 4.78 is 0. The first-order chi connectivity index (χ1) is 12.4. The van der Waals surface area contributed by atoms with E-state index in [0.29, 0.717) is 6.54 Å². The van der Waals surface area contributed by atoms with Gasteiger partial charge in [0.25, 0.3) is 0 Å². The summed E-state index contributed by atoms with van der Waals surface area (Å²) in [6, 6.07) is 9.80. The molecule has 1 N–H and O–H groups in total. The van der Waals surface area contributed by atoms with Gasteiger partial charge >= 0.3 is 0 Å². The van der Waals surface area contributed by atoms with E-state index >= 15 is 0 Å². The van der Waals surface area contributed by atoms with Crippen molar-refractivity contribution in [3.63, 3.8) is 0 Å². The van der Waals surface area contributed by atoms with Gasteiger partial charge in [-0.3, -0.25) is 14.6 Å². The number of anilines is 1. The third-order valence-corrected chi connectivity index (χ3v) is 4.99. The van der Waals surface area contributed by atoms with Crippen LogP contribution in [-0.2, 0) is 16.0 Å². The number of benzene rings is 1. The molecular formula is C21H25N3O2. The first-order valence-electron chi connectivity index (χ1n) is 8.96. The molecule has 0 radical (unpaired) electrons. The second kappa shape index (κ2) is 7.28. The Labute approximate surface area is 154 Å². The summed E-state index contributed by atoms with van der Waals surface area (Å²) in [5.41, 5.74) is 5.78. The van der Waals surface area contributed by atoms with Crippen LogP contribution in [-0.4, -0.2) is 28.2 Å². The van der Waals surface area contributed by atoms with E-state index in [9.17, 15) is 9.59 Å². The average Bonchev–Trinajstić information content (AvgIpc) is 2.58. The van der Waals surface area contributed by atoms with Crippen molar-refractivity contribution < 1.29 is 9.59 Å². The van der Waals surface area contributed by atoms with Crippen LogP contribution in [0.15, 0.2) is 30.3 Å². The van der Waals surface area contributed by atoms with E-state index in [1.807, 2.05) is 45.0 Å². The Bertz CT molecular complexity index is 837. The lowest BCUT2D eigenvalue weighted by atomic mass is 9.90. The Hall–Kier alpha value is -2.69. The molecule has 2 aromatic rings. The molecule has 0 saturated heterocycles. The lowest BCUT2D eigenvalue weighted by Gasteiger charge is -2.36. The Morgan fingerprint density at radius 3 is 2.65 bits per heavy atom. The van der Waals surface area contributed by atoms with Crippen molar-refractivity contribution in [2.45, 2.75) is 46.6 Å². The number of fused-ring (bicyclic) bond motifs is 1. The van der Waals surface area contributed by atoms with Crippen LogP contribution in [0.4, 0.5) is 5.69 Å². The summed E-state index contributed by atoms with van der Waals surface area (Å²) in [7, 11) is 0. The minimum atomic E-state index is -0.225. The van der Waals surface area contributed by atoms with Gasteiger partial charge in [0.05, 0.1) is 23.8 Å². The van der Waals surface area contributed by atoms with Gasteiger partial charge in [-0.05, 0) is 49.9 Å². The normalized spacial score (nSPS) is 16.2. The highest BCUT2D eigenvalue weighted by atomic mass is 16.2. The Morgan fingerprint density at radius 1 is 1.23 bits per heavy atom. The van der Waals surface area contributed by atoms with Crippen LogP contribution >= 0.6 is 0 Å². The zero-order valence-electron chi connectivity index (χ0n) is 15.8. The Kier molecular flexibility index (Phi) is 5.07. The molecule has 0 saturated carbocycles. The third kappa shape index (κ3) is 3.62. The summed E-state index contributed by atoms with van der Waals surface area (Å²) in [6.07, 6.45) is 1.07. The standard InChI is InChI=1S/C21H25N3O2/c1-13-11-14(2)22-15(3)21(13)23-20(26)12-19-18-8-6-5-7-17(18)9-10-24(19)16(4)25/h5-8,11,19H,9-10,12H2,1-4H3,(H,23,26). The number of hydrogen-bond donors (Lipinski definition) is 1. The summed E-state index contributed by atoms with van der Waals surface area (Å²) in [5, 5.41) is 3.00. The SMILES string of the molecule is CC(=O)N1CCc2ccccc2C1CC(=O)Nc1c(C)cc(C)nc1C. The molecule has 0 bridgehead atoms. The molecule has 0 spiro atoms. The maximum Gasteiger partial charge on any atom is 0.226 e. The topological polar surface area (TPSA) is 62.3 Å². The third-order valence-electron chi connectivity index (χ3n) is 4.99. The lowest BCUT2D eigenvalue weighted by Crippen LogP contribution is -2.40. The van der Waals surface area contributed by atoms with E-state index in [-0.39, 0.29) is 24.3 Å². The molecule has 2 amide bonds. The highest BCUT2D eigenvalue weighted by molar-refractivity contribution is 5.93. The van der Waals surface area contributed by atoms with Crippen molar-refractivity contribution in [3.05, 3.63) is 58.4 Å². The molecule has 136 valence electrons. The van der Waals surface area contributed by atoms with Gasteiger partial charge in [-0.15, -0.1) is 0 Å². The molecule has 5 nitrogen and oxygen atoms in total. The van der Waals surface area contributed by atoms with Crippen molar-refractivity contribution in [1.29, 1.82) is 0 Å². The number of hydrogen-bond acceptors (Lipinski definition) is 3. The predicted molar refractivity (Wildman–Crippen MR) is 102 cm³/mol. The van der Waals surface area contributed by atoms with E-state index in [4.69, 9.17) is 0 Å². The number of aromatic nitrogens is 1. The van der Waals surface area contributed by atoms with Gasteiger partial charge < -0.3 is 10.2 Å². The zero-order chi connectivity index (χ0) is 18.8. The quantitative estimate of drug-likeness (QED) is 0.921. The van der Waals surface area contributed by atoms with Gasteiger partial charge in [-0.2, -0.15) is 0 Å². The van der Waals surface area contributed by atoms with Crippen molar-refractivity contribution in [1.82, 2.24) is 9.88 Å².